The highest BCUT2D eigenvalue weighted by Gasteiger charge is 2.03. The molecule has 0 aliphatic carbocycles. The van der Waals surface area contributed by atoms with Gasteiger partial charge in [-0.25, -0.2) is 0 Å². The fourth-order valence-corrected chi connectivity index (χ4v) is 1.71. The lowest BCUT2D eigenvalue weighted by Crippen LogP contribution is -2.08. The molecule has 1 heterocycles. The zero-order valence-electron chi connectivity index (χ0n) is 8.54. The fourth-order valence-electron chi connectivity index (χ4n) is 1.71. The monoisotopic (exact) mass is 200 g/mol. The van der Waals surface area contributed by atoms with E-state index in [4.69, 9.17) is 5.53 Å². The van der Waals surface area contributed by atoms with Gasteiger partial charge in [-0.05, 0) is 23.1 Å². The number of nitrogens with zero attached hydrogens (tertiary/aromatic N) is 4. The summed E-state index contributed by atoms with van der Waals surface area (Å²) in [5.41, 5.74) is 9.51. The van der Waals surface area contributed by atoms with E-state index >= 15 is 0 Å². The number of fused-ring (bicyclic) bond motifs is 1. The zero-order chi connectivity index (χ0) is 10.7. The normalized spacial score (nSPS) is 12.3. The minimum Gasteiger partial charge on any atom is -0.347 e. The molecule has 2 rings (SSSR count). The summed E-state index contributed by atoms with van der Waals surface area (Å²) in [7, 11) is 0. The number of hydrogen-bond acceptors (Lipinski definition) is 1. The van der Waals surface area contributed by atoms with Crippen molar-refractivity contribution in [1.82, 2.24) is 4.57 Å². The maximum absolute atomic E-state index is 8.33. The largest absolute Gasteiger partial charge is 0.347 e. The molecule has 1 atom stereocenters. The maximum atomic E-state index is 8.33. The summed E-state index contributed by atoms with van der Waals surface area (Å²) in [4.78, 5) is 2.81. The van der Waals surface area contributed by atoms with Crippen LogP contribution in [0.3, 0.4) is 0 Å². The van der Waals surface area contributed by atoms with Crippen molar-refractivity contribution in [3.05, 3.63) is 47.0 Å². The molecule has 1 aromatic heterocycles. The Labute approximate surface area is 87.8 Å². The summed E-state index contributed by atoms with van der Waals surface area (Å²) in [5, 5.41) is 4.88. The molecule has 0 aliphatic rings. The number of rotatable bonds is 3. The van der Waals surface area contributed by atoms with E-state index < -0.39 is 0 Å². The van der Waals surface area contributed by atoms with Crippen LogP contribution in [0.15, 0.2) is 41.6 Å². The molecule has 4 nitrogen and oxygen atoms in total. The Morgan fingerprint density at radius 3 is 3.00 bits per heavy atom. The Hall–Kier alpha value is -1.93. The van der Waals surface area contributed by atoms with Gasteiger partial charge in [-0.3, -0.25) is 0 Å². The molecule has 76 valence electrons. The lowest BCUT2D eigenvalue weighted by atomic mass is 10.2. The first-order valence-electron chi connectivity index (χ1n) is 4.89. The molecule has 0 bridgehead atoms. The first-order chi connectivity index (χ1) is 7.31. The van der Waals surface area contributed by atoms with Crippen molar-refractivity contribution in [2.75, 3.05) is 0 Å². The van der Waals surface area contributed by atoms with E-state index in [-0.39, 0.29) is 6.04 Å². The van der Waals surface area contributed by atoms with Crippen molar-refractivity contribution < 1.29 is 0 Å². The number of hydrogen-bond donors (Lipinski definition) is 0. The van der Waals surface area contributed by atoms with Crippen LogP contribution >= 0.6 is 0 Å². The van der Waals surface area contributed by atoms with E-state index in [1.165, 1.54) is 10.9 Å². The smallest absolute Gasteiger partial charge is 0.0525 e. The van der Waals surface area contributed by atoms with Gasteiger partial charge in [-0.2, -0.15) is 0 Å². The molecule has 0 N–H and O–H groups in total. The molecule has 0 aliphatic heterocycles. The highest BCUT2D eigenvalue weighted by atomic mass is 15.2. The third-order valence-electron chi connectivity index (χ3n) is 2.39. The van der Waals surface area contributed by atoms with Gasteiger partial charge in [0.15, 0.2) is 0 Å². The third-order valence-corrected chi connectivity index (χ3v) is 2.39. The van der Waals surface area contributed by atoms with Gasteiger partial charge in [0.05, 0.1) is 6.04 Å². The van der Waals surface area contributed by atoms with E-state index in [1.807, 2.05) is 25.3 Å². The number of benzene rings is 1. The van der Waals surface area contributed by atoms with Crippen LogP contribution in [0.5, 0.6) is 0 Å². The molecule has 0 spiro atoms. The zero-order valence-corrected chi connectivity index (χ0v) is 8.54. The quantitative estimate of drug-likeness (QED) is 0.414. The van der Waals surface area contributed by atoms with Gasteiger partial charge in [0.2, 0.25) is 0 Å². The first kappa shape index (κ1) is 9.62. The predicted molar refractivity (Wildman–Crippen MR) is 60.5 cm³/mol. The predicted octanol–water partition coefficient (Wildman–Crippen LogP) is 3.34. The van der Waals surface area contributed by atoms with Crippen LogP contribution in [-0.2, 0) is 6.54 Å². The van der Waals surface area contributed by atoms with Gasteiger partial charge in [0.25, 0.3) is 0 Å². The molecule has 1 aromatic carbocycles. The second-order valence-corrected chi connectivity index (χ2v) is 3.58. The van der Waals surface area contributed by atoms with Crippen molar-refractivity contribution in [3.63, 3.8) is 0 Å². The third kappa shape index (κ3) is 1.95. The molecular formula is C11H12N4. The van der Waals surface area contributed by atoms with Crippen LogP contribution in [0.1, 0.15) is 6.92 Å². The summed E-state index contributed by atoms with van der Waals surface area (Å²) in [6.07, 6.45) is 2.02. The Balaban J connectivity index is 2.32. The molecule has 0 radical (unpaired) electrons. The summed E-state index contributed by atoms with van der Waals surface area (Å²) < 4.78 is 2.11. The van der Waals surface area contributed by atoms with Crippen molar-refractivity contribution in [2.24, 2.45) is 5.11 Å². The second-order valence-electron chi connectivity index (χ2n) is 3.58. The Morgan fingerprint density at radius 1 is 1.40 bits per heavy atom. The summed E-state index contributed by atoms with van der Waals surface area (Å²) in [6.45, 7) is 2.63. The van der Waals surface area contributed by atoms with Crippen LogP contribution in [-0.4, -0.2) is 10.6 Å². The van der Waals surface area contributed by atoms with Crippen molar-refractivity contribution >= 4 is 10.9 Å². The lowest BCUT2D eigenvalue weighted by molar-refractivity contribution is 0.602. The molecule has 0 saturated heterocycles. The molecule has 0 fully saturated rings. The topological polar surface area (TPSA) is 53.7 Å². The highest BCUT2D eigenvalue weighted by molar-refractivity contribution is 5.79. The maximum Gasteiger partial charge on any atom is 0.0525 e. The molecule has 0 saturated carbocycles. The summed E-state index contributed by atoms with van der Waals surface area (Å²) >= 11 is 0. The van der Waals surface area contributed by atoms with Gasteiger partial charge < -0.3 is 4.57 Å². The second kappa shape index (κ2) is 4.07. The van der Waals surface area contributed by atoms with Gasteiger partial charge in [0, 0.05) is 23.2 Å². The standard InChI is InChI=1S/C11H12N4/c1-9(13-14-12)8-15-7-6-10-4-2-3-5-11(10)15/h2-7,9H,8H2,1H3/t9-/m1/s1. The van der Waals surface area contributed by atoms with Crippen LogP contribution in [0.4, 0.5) is 0 Å². The van der Waals surface area contributed by atoms with Crippen LogP contribution in [0.25, 0.3) is 21.3 Å². The number of para-hydroxylation sites is 1. The average Bonchev–Trinajstić information content (AvgIpc) is 2.62. The van der Waals surface area contributed by atoms with Crippen LogP contribution in [0.2, 0.25) is 0 Å². The lowest BCUT2D eigenvalue weighted by Gasteiger charge is -2.07. The van der Waals surface area contributed by atoms with E-state index in [2.05, 4.69) is 32.8 Å². The van der Waals surface area contributed by atoms with Crippen molar-refractivity contribution in [3.8, 4) is 0 Å². The minimum atomic E-state index is -0.0224. The molecule has 15 heavy (non-hydrogen) atoms. The van der Waals surface area contributed by atoms with E-state index in [9.17, 15) is 0 Å². The molecule has 2 aromatic rings. The number of azide groups is 1. The highest BCUT2D eigenvalue weighted by Crippen LogP contribution is 2.15. The van der Waals surface area contributed by atoms with Crippen LogP contribution in [0, 0.1) is 0 Å². The van der Waals surface area contributed by atoms with Gasteiger partial charge in [0.1, 0.15) is 0 Å². The molecular weight excluding hydrogens is 188 g/mol. The van der Waals surface area contributed by atoms with E-state index in [1.54, 1.807) is 0 Å². The fraction of sp³-hybridized carbons (Fsp3) is 0.273. The molecule has 0 unspecified atom stereocenters. The number of aromatic nitrogens is 1. The Bertz CT molecular complexity index is 508. The van der Waals surface area contributed by atoms with Crippen LogP contribution < -0.4 is 0 Å². The Morgan fingerprint density at radius 2 is 2.20 bits per heavy atom. The molecule has 4 heteroatoms. The van der Waals surface area contributed by atoms with Crippen molar-refractivity contribution in [1.29, 1.82) is 0 Å². The first-order valence-corrected chi connectivity index (χ1v) is 4.89. The molecule has 0 amide bonds. The summed E-state index contributed by atoms with van der Waals surface area (Å²) in [6, 6.07) is 10.2. The van der Waals surface area contributed by atoms with Gasteiger partial charge >= 0.3 is 0 Å². The minimum absolute atomic E-state index is 0.0224. The van der Waals surface area contributed by atoms with Gasteiger partial charge in [-0.15, -0.1) is 0 Å². The summed E-state index contributed by atoms with van der Waals surface area (Å²) in [5.74, 6) is 0. The SMILES string of the molecule is C[C@H](Cn1ccc2ccccc21)N=[N+]=[N-]. The van der Waals surface area contributed by atoms with E-state index in [0.29, 0.717) is 0 Å². The van der Waals surface area contributed by atoms with Gasteiger partial charge in [-0.1, -0.05) is 30.2 Å². The Kier molecular flexibility index (Phi) is 2.61. The van der Waals surface area contributed by atoms with Crippen molar-refractivity contribution in [2.45, 2.75) is 19.5 Å². The average molecular weight is 200 g/mol. The van der Waals surface area contributed by atoms with E-state index in [0.717, 1.165) is 6.54 Å².